The van der Waals surface area contributed by atoms with E-state index in [2.05, 4.69) is 20.7 Å². The molecule has 6 heteroatoms. The van der Waals surface area contributed by atoms with E-state index in [1.165, 1.54) is 6.07 Å². The van der Waals surface area contributed by atoms with Gasteiger partial charge in [-0.3, -0.25) is 0 Å². The number of nitrogens with two attached hydrogens (primary N) is 1. The maximum Gasteiger partial charge on any atom is 0.242 e. The van der Waals surface area contributed by atoms with Crippen molar-refractivity contribution in [3.8, 4) is 0 Å². The van der Waals surface area contributed by atoms with Gasteiger partial charge in [-0.2, -0.15) is 0 Å². The Morgan fingerprint density at radius 1 is 1.20 bits per heavy atom. The van der Waals surface area contributed by atoms with Crippen molar-refractivity contribution in [2.24, 2.45) is 0 Å². The van der Waals surface area contributed by atoms with Gasteiger partial charge in [-0.1, -0.05) is 40.2 Å². The van der Waals surface area contributed by atoms with Crippen LogP contribution in [0.2, 0.25) is 0 Å². The van der Waals surface area contributed by atoms with Crippen molar-refractivity contribution in [2.75, 3.05) is 5.73 Å². The highest BCUT2D eigenvalue weighted by Gasteiger charge is 2.17. The van der Waals surface area contributed by atoms with E-state index >= 15 is 0 Å². The fourth-order valence-corrected chi connectivity index (χ4v) is 3.32. The Morgan fingerprint density at radius 2 is 1.90 bits per heavy atom. The molecule has 0 aromatic heterocycles. The predicted octanol–water partition coefficient (Wildman–Crippen LogP) is 2.82. The number of sulfonamides is 1. The van der Waals surface area contributed by atoms with Crippen LogP contribution in [0.1, 0.15) is 11.1 Å². The first kappa shape index (κ1) is 15.0. The number of hydrogen-bond donors (Lipinski definition) is 2. The van der Waals surface area contributed by atoms with Gasteiger partial charge in [0, 0.05) is 11.0 Å². The fraction of sp³-hybridized carbons (Fsp3) is 0.143. The van der Waals surface area contributed by atoms with Crippen LogP contribution in [0, 0.1) is 6.92 Å². The summed E-state index contributed by atoms with van der Waals surface area (Å²) in [6, 6.07) is 12.3. The van der Waals surface area contributed by atoms with Crippen molar-refractivity contribution in [1.29, 1.82) is 0 Å². The van der Waals surface area contributed by atoms with Gasteiger partial charge in [0.05, 0.1) is 5.69 Å². The van der Waals surface area contributed by atoms with Crippen LogP contribution in [-0.4, -0.2) is 8.42 Å². The van der Waals surface area contributed by atoms with Crippen LogP contribution in [0.15, 0.2) is 51.8 Å². The van der Waals surface area contributed by atoms with E-state index in [0.717, 1.165) is 15.6 Å². The summed E-state index contributed by atoms with van der Waals surface area (Å²) < 4.78 is 27.8. The van der Waals surface area contributed by atoms with Crippen LogP contribution in [0.5, 0.6) is 0 Å². The van der Waals surface area contributed by atoms with Crippen molar-refractivity contribution >= 4 is 31.6 Å². The lowest BCUT2D eigenvalue weighted by atomic mass is 10.1. The second-order valence-corrected chi connectivity index (χ2v) is 7.08. The van der Waals surface area contributed by atoms with Crippen LogP contribution in [0.25, 0.3) is 0 Å². The van der Waals surface area contributed by atoms with Gasteiger partial charge in [0.15, 0.2) is 0 Å². The molecule has 0 unspecified atom stereocenters. The molecular formula is C14H15BrN2O2S. The highest BCUT2D eigenvalue weighted by Crippen LogP contribution is 2.22. The van der Waals surface area contributed by atoms with Crippen molar-refractivity contribution in [3.05, 3.63) is 58.1 Å². The van der Waals surface area contributed by atoms with Crippen LogP contribution < -0.4 is 10.5 Å². The molecule has 0 saturated carbocycles. The molecule has 0 atom stereocenters. The van der Waals surface area contributed by atoms with E-state index in [4.69, 9.17) is 5.73 Å². The van der Waals surface area contributed by atoms with Crippen molar-refractivity contribution < 1.29 is 8.42 Å². The lowest BCUT2D eigenvalue weighted by Gasteiger charge is -2.10. The van der Waals surface area contributed by atoms with Gasteiger partial charge in [0.1, 0.15) is 4.90 Å². The molecule has 0 fully saturated rings. The minimum Gasteiger partial charge on any atom is -0.398 e. The summed E-state index contributed by atoms with van der Waals surface area (Å²) in [5.41, 5.74) is 7.95. The van der Waals surface area contributed by atoms with Gasteiger partial charge >= 0.3 is 0 Å². The second kappa shape index (κ2) is 5.95. The highest BCUT2D eigenvalue weighted by atomic mass is 79.9. The van der Waals surface area contributed by atoms with Gasteiger partial charge in [0.2, 0.25) is 10.0 Å². The molecule has 2 aromatic carbocycles. The Balaban J connectivity index is 2.22. The number of halogens is 1. The average molecular weight is 355 g/mol. The largest absolute Gasteiger partial charge is 0.398 e. The lowest BCUT2D eigenvalue weighted by Crippen LogP contribution is -2.24. The summed E-state index contributed by atoms with van der Waals surface area (Å²) in [5, 5.41) is 0. The number of nitrogen functional groups attached to an aromatic ring is 1. The number of hydrogen-bond acceptors (Lipinski definition) is 3. The minimum atomic E-state index is -3.62. The summed E-state index contributed by atoms with van der Waals surface area (Å²) >= 11 is 3.25. The van der Waals surface area contributed by atoms with E-state index in [1.54, 1.807) is 12.1 Å². The Hall–Kier alpha value is -1.37. The molecule has 106 valence electrons. The maximum absolute atomic E-state index is 12.2. The molecule has 0 radical (unpaired) electrons. The first-order chi connectivity index (χ1) is 9.40. The van der Waals surface area contributed by atoms with Gasteiger partial charge < -0.3 is 5.73 Å². The maximum atomic E-state index is 12.2. The quantitative estimate of drug-likeness (QED) is 0.829. The molecule has 4 nitrogen and oxygen atoms in total. The molecule has 0 bridgehead atoms. The van der Waals surface area contributed by atoms with Crippen LogP contribution in [0.3, 0.4) is 0 Å². The van der Waals surface area contributed by atoms with Gasteiger partial charge in [-0.05, 0) is 36.2 Å². The van der Waals surface area contributed by atoms with Crippen LogP contribution >= 0.6 is 15.9 Å². The third-order valence-corrected chi connectivity index (χ3v) is 4.94. The summed E-state index contributed by atoms with van der Waals surface area (Å²) in [5.74, 6) is 0. The molecular weight excluding hydrogens is 340 g/mol. The van der Waals surface area contributed by atoms with Crippen molar-refractivity contribution in [2.45, 2.75) is 18.4 Å². The zero-order chi connectivity index (χ0) is 14.8. The fourth-order valence-electron chi connectivity index (χ4n) is 1.82. The Labute approximate surface area is 127 Å². The number of nitrogens with one attached hydrogen (secondary N) is 1. The van der Waals surface area contributed by atoms with Gasteiger partial charge in [-0.15, -0.1) is 0 Å². The number of anilines is 1. The number of aryl methyl sites for hydroxylation is 1. The number of benzene rings is 2. The third kappa shape index (κ3) is 3.39. The smallest absolute Gasteiger partial charge is 0.242 e. The van der Waals surface area contributed by atoms with Crippen molar-refractivity contribution in [3.63, 3.8) is 0 Å². The molecule has 0 aliphatic rings. The van der Waals surface area contributed by atoms with Crippen LogP contribution in [0.4, 0.5) is 5.69 Å². The van der Waals surface area contributed by atoms with E-state index in [9.17, 15) is 8.42 Å². The molecule has 0 amide bonds. The Bertz CT molecular complexity index is 730. The molecule has 20 heavy (non-hydrogen) atoms. The zero-order valence-corrected chi connectivity index (χ0v) is 13.3. The molecule has 0 saturated heterocycles. The SMILES string of the molecule is Cc1ccccc1CNS(=O)(=O)c1ccc(Br)cc1N. The summed E-state index contributed by atoms with van der Waals surface area (Å²) in [6.07, 6.45) is 0. The standard InChI is InChI=1S/C14H15BrN2O2S/c1-10-4-2-3-5-11(10)9-17-20(18,19)14-7-6-12(15)8-13(14)16/h2-8,17H,9,16H2,1H3. The molecule has 2 aromatic rings. The topological polar surface area (TPSA) is 72.2 Å². The normalized spacial score (nSPS) is 11.5. The first-order valence-electron chi connectivity index (χ1n) is 5.99. The van der Waals surface area contributed by atoms with E-state index in [0.29, 0.717) is 0 Å². The average Bonchev–Trinajstić information content (AvgIpc) is 2.37. The monoisotopic (exact) mass is 354 g/mol. The molecule has 0 spiro atoms. The predicted molar refractivity (Wildman–Crippen MR) is 83.8 cm³/mol. The summed E-state index contributed by atoms with van der Waals surface area (Å²) in [4.78, 5) is 0.0919. The van der Waals surface area contributed by atoms with E-state index < -0.39 is 10.0 Å². The van der Waals surface area contributed by atoms with Gasteiger partial charge in [0.25, 0.3) is 0 Å². The zero-order valence-electron chi connectivity index (χ0n) is 10.9. The lowest BCUT2D eigenvalue weighted by molar-refractivity contribution is 0.581. The molecule has 2 rings (SSSR count). The Morgan fingerprint density at radius 3 is 2.55 bits per heavy atom. The summed E-state index contributed by atoms with van der Waals surface area (Å²) in [6.45, 7) is 2.18. The number of rotatable bonds is 4. The molecule has 3 N–H and O–H groups in total. The minimum absolute atomic E-state index is 0.0919. The Kier molecular flexibility index (Phi) is 4.47. The summed E-state index contributed by atoms with van der Waals surface area (Å²) in [7, 11) is -3.62. The van der Waals surface area contributed by atoms with E-state index in [1.807, 2.05) is 31.2 Å². The van der Waals surface area contributed by atoms with Gasteiger partial charge in [-0.25, -0.2) is 13.1 Å². The first-order valence-corrected chi connectivity index (χ1v) is 8.27. The third-order valence-electron chi connectivity index (χ3n) is 2.98. The van der Waals surface area contributed by atoms with E-state index in [-0.39, 0.29) is 17.1 Å². The highest BCUT2D eigenvalue weighted by molar-refractivity contribution is 9.10. The molecule has 0 aliphatic heterocycles. The molecule has 0 heterocycles. The van der Waals surface area contributed by atoms with Crippen LogP contribution in [-0.2, 0) is 16.6 Å². The van der Waals surface area contributed by atoms with Crippen molar-refractivity contribution in [1.82, 2.24) is 4.72 Å². The second-order valence-electron chi connectivity index (χ2n) is 4.43. The molecule has 0 aliphatic carbocycles.